The highest BCUT2D eigenvalue weighted by Crippen LogP contribution is 2.73. The van der Waals surface area contributed by atoms with Gasteiger partial charge in [-0.15, -0.1) is 0 Å². The second kappa shape index (κ2) is 6.81. The second-order valence-corrected chi connectivity index (χ2v) is 12.5. The Morgan fingerprint density at radius 1 is 1.12 bits per heavy atom. The fourth-order valence-corrected chi connectivity index (χ4v) is 9.54. The first kappa shape index (κ1) is 22.0. The van der Waals surface area contributed by atoms with Crippen molar-refractivity contribution in [3.8, 4) is 0 Å². The lowest BCUT2D eigenvalue weighted by molar-refractivity contribution is -0.155. The maximum absolute atomic E-state index is 13.3. The van der Waals surface area contributed by atoms with Gasteiger partial charge < -0.3 is 14.6 Å². The molecule has 0 aromatic rings. The van der Waals surface area contributed by atoms with Crippen LogP contribution in [0.15, 0.2) is 23.3 Å². The summed E-state index contributed by atoms with van der Waals surface area (Å²) in [5.74, 6) is 2.09. The summed E-state index contributed by atoms with van der Waals surface area (Å²) in [5.41, 5.74) is 0.798. The molecule has 0 radical (unpaired) electrons. The fourth-order valence-electron chi connectivity index (χ4n) is 9.54. The number of rotatable bonds is 2. The minimum absolute atomic E-state index is 0.0125. The molecule has 6 rings (SSSR count). The van der Waals surface area contributed by atoms with E-state index in [4.69, 9.17) is 9.47 Å². The molecule has 0 unspecified atom stereocenters. The smallest absolute Gasteiger partial charge is 0.333 e. The number of carbonyl (C=O) groups is 2. The summed E-state index contributed by atoms with van der Waals surface area (Å²) in [6.07, 6.45) is 8.75. The molecule has 0 bridgehead atoms. The van der Waals surface area contributed by atoms with E-state index in [1.165, 1.54) is 6.42 Å². The van der Waals surface area contributed by atoms with Crippen LogP contribution in [0.1, 0.15) is 73.1 Å². The van der Waals surface area contributed by atoms with E-state index in [-0.39, 0.29) is 35.3 Å². The molecule has 180 valence electrons. The summed E-state index contributed by atoms with van der Waals surface area (Å²) in [6, 6.07) is 0. The van der Waals surface area contributed by atoms with Gasteiger partial charge in [-0.25, -0.2) is 4.79 Å². The van der Waals surface area contributed by atoms with Crippen molar-refractivity contribution < 1.29 is 24.2 Å². The number of carbonyl (C=O) groups excluding carboxylic acids is 2. The van der Waals surface area contributed by atoms with Gasteiger partial charge in [-0.2, -0.15) is 0 Å². The first-order chi connectivity index (χ1) is 15.6. The Balaban J connectivity index is 1.28. The monoisotopic (exact) mass is 454 g/mol. The molecule has 2 heterocycles. The van der Waals surface area contributed by atoms with Crippen LogP contribution in [0.4, 0.5) is 0 Å². The highest BCUT2D eigenvalue weighted by Gasteiger charge is 2.80. The molecule has 2 aliphatic heterocycles. The molecule has 1 saturated heterocycles. The molecule has 5 heteroatoms. The number of ketones is 1. The Hall–Kier alpha value is -1.46. The van der Waals surface area contributed by atoms with Crippen molar-refractivity contribution in [2.45, 2.75) is 97.1 Å². The lowest BCUT2D eigenvalue weighted by Gasteiger charge is -2.58. The van der Waals surface area contributed by atoms with E-state index in [9.17, 15) is 14.7 Å². The molecule has 4 fully saturated rings. The molecule has 1 spiro atoms. The van der Waals surface area contributed by atoms with Crippen molar-refractivity contribution in [3.63, 3.8) is 0 Å². The normalized spacial score (nSPS) is 53.6. The van der Waals surface area contributed by atoms with Crippen LogP contribution < -0.4 is 0 Å². The zero-order chi connectivity index (χ0) is 23.5. The number of hydrogen-bond acceptors (Lipinski definition) is 5. The number of hydrogen-bond donors (Lipinski definition) is 1. The molecule has 5 nitrogen and oxygen atoms in total. The quantitative estimate of drug-likeness (QED) is 0.495. The first-order valence-electron chi connectivity index (χ1n) is 13.0. The lowest BCUT2D eigenvalue weighted by atomic mass is 9.44. The molecule has 6 aliphatic rings. The van der Waals surface area contributed by atoms with Gasteiger partial charge in [-0.1, -0.05) is 19.4 Å². The number of allylic oxidation sites excluding steroid dienone is 1. The maximum Gasteiger partial charge on any atom is 0.333 e. The molecule has 33 heavy (non-hydrogen) atoms. The molecule has 1 N–H and O–H groups in total. The van der Waals surface area contributed by atoms with Gasteiger partial charge in [-0.3, -0.25) is 4.79 Å². The van der Waals surface area contributed by atoms with Crippen molar-refractivity contribution in [1.82, 2.24) is 0 Å². The van der Waals surface area contributed by atoms with Crippen molar-refractivity contribution in [1.29, 1.82) is 0 Å². The van der Waals surface area contributed by atoms with Crippen LogP contribution in [0.25, 0.3) is 0 Å². The van der Waals surface area contributed by atoms with E-state index < -0.39 is 17.1 Å². The van der Waals surface area contributed by atoms with Gasteiger partial charge in [0.15, 0.2) is 5.78 Å². The summed E-state index contributed by atoms with van der Waals surface area (Å²) in [7, 11) is 0. The summed E-state index contributed by atoms with van der Waals surface area (Å²) in [6.45, 7) is 10.8. The molecular formula is C28H38O5. The number of cyclic esters (lactones) is 1. The van der Waals surface area contributed by atoms with Crippen LogP contribution in [0.3, 0.4) is 0 Å². The topological polar surface area (TPSA) is 76.1 Å². The molecule has 0 aromatic heterocycles. The minimum Gasteiger partial charge on any atom is -0.458 e. The highest BCUT2D eigenvalue weighted by atomic mass is 16.6. The molecule has 0 aromatic carbocycles. The molecule has 11 atom stereocenters. The van der Waals surface area contributed by atoms with Gasteiger partial charge in [0.2, 0.25) is 0 Å². The van der Waals surface area contributed by atoms with E-state index in [1.807, 2.05) is 6.92 Å². The van der Waals surface area contributed by atoms with Crippen LogP contribution in [0, 0.1) is 40.4 Å². The third kappa shape index (κ3) is 2.56. The fraction of sp³-hybridized carbons (Fsp3) is 0.786. The number of aliphatic hydroxyl groups is 1. The van der Waals surface area contributed by atoms with E-state index >= 15 is 0 Å². The molecule has 3 saturated carbocycles. The predicted molar refractivity (Wildman–Crippen MR) is 123 cm³/mol. The zero-order valence-corrected chi connectivity index (χ0v) is 20.6. The summed E-state index contributed by atoms with van der Waals surface area (Å²) in [5, 5.41) is 10.8. The average molecular weight is 455 g/mol. The van der Waals surface area contributed by atoms with Crippen LogP contribution in [-0.4, -0.2) is 40.8 Å². The lowest BCUT2D eigenvalue weighted by Crippen LogP contribution is -2.63. The van der Waals surface area contributed by atoms with E-state index in [2.05, 4.69) is 27.7 Å². The first-order valence-corrected chi connectivity index (χ1v) is 13.0. The summed E-state index contributed by atoms with van der Waals surface area (Å²) < 4.78 is 12.2. The zero-order valence-electron chi connectivity index (χ0n) is 20.6. The Labute approximate surface area is 197 Å². The Morgan fingerprint density at radius 2 is 1.88 bits per heavy atom. The Bertz CT molecular complexity index is 981. The number of esters is 1. The number of aliphatic hydroxyl groups excluding tert-OH is 1. The van der Waals surface area contributed by atoms with Crippen LogP contribution >= 0.6 is 0 Å². The Kier molecular flexibility index (Phi) is 4.55. The van der Waals surface area contributed by atoms with E-state index in [0.717, 1.165) is 43.3 Å². The molecular weight excluding hydrogens is 416 g/mol. The van der Waals surface area contributed by atoms with Crippen LogP contribution in [0.5, 0.6) is 0 Å². The molecule has 0 amide bonds. The number of ether oxygens (including phenoxy) is 2. The van der Waals surface area contributed by atoms with Crippen molar-refractivity contribution in [3.05, 3.63) is 23.3 Å². The van der Waals surface area contributed by atoms with Crippen molar-refractivity contribution >= 4 is 11.8 Å². The second-order valence-electron chi connectivity index (χ2n) is 12.5. The summed E-state index contributed by atoms with van der Waals surface area (Å²) >= 11 is 0. The van der Waals surface area contributed by atoms with E-state index in [1.54, 1.807) is 12.2 Å². The SMILES string of the molecule is CC1=C(C)C(=O)O[C@H]([C@@H](C)[C@H]2CC[C@H]3[C@@H]4C[C@H]5O[C@]56[C@@H](O)C=CC(=O)[C@]6(C)[C@H]4CC[C@]23C)C1. The van der Waals surface area contributed by atoms with Gasteiger partial charge in [0.25, 0.3) is 0 Å². The van der Waals surface area contributed by atoms with Gasteiger partial charge in [0, 0.05) is 12.0 Å². The summed E-state index contributed by atoms with van der Waals surface area (Å²) in [4.78, 5) is 25.7. The third-order valence-corrected chi connectivity index (χ3v) is 11.6. The van der Waals surface area contributed by atoms with Crippen LogP contribution in [-0.2, 0) is 19.1 Å². The number of epoxide rings is 1. The van der Waals surface area contributed by atoms with Gasteiger partial charge in [-0.05, 0) is 100 Å². The van der Waals surface area contributed by atoms with Crippen molar-refractivity contribution in [2.24, 2.45) is 40.4 Å². The predicted octanol–water partition coefficient (Wildman–Crippen LogP) is 4.38. The maximum atomic E-state index is 13.3. The Morgan fingerprint density at radius 3 is 2.61 bits per heavy atom. The highest BCUT2D eigenvalue weighted by molar-refractivity contribution is 5.98. The molecule has 4 aliphatic carbocycles. The largest absolute Gasteiger partial charge is 0.458 e. The van der Waals surface area contributed by atoms with Gasteiger partial charge >= 0.3 is 5.97 Å². The van der Waals surface area contributed by atoms with E-state index in [0.29, 0.717) is 23.7 Å². The van der Waals surface area contributed by atoms with Crippen molar-refractivity contribution in [2.75, 3.05) is 0 Å². The van der Waals surface area contributed by atoms with Gasteiger partial charge in [0.05, 0.1) is 11.5 Å². The standard InChI is InChI=1S/C28H38O5/c1-14-12-21(32-25(31)15(14)2)16(3)18-6-7-19-17-13-24-28(33-24)23(30)9-8-22(29)27(28,5)20(17)10-11-26(18,19)4/h8-9,16-21,23-24,30H,6-7,10-13H2,1-5H3/t16-,17-,18+,19-,20-,21-,23-,24+,26+,27-,28+/m0/s1. The third-order valence-electron chi connectivity index (χ3n) is 11.6. The van der Waals surface area contributed by atoms with Gasteiger partial charge in [0.1, 0.15) is 17.8 Å². The number of fused-ring (bicyclic) bond motifs is 4. The minimum atomic E-state index is -0.697. The average Bonchev–Trinajstić information content (AvgIpc) is 3.41. The van der Waals surface area contributed by atoms with Crippen LogP contribution in [0.2, 0.25) is 0 Å².